The molecule has 0 bridgehead atoms. The van der Waals surface area contributed by atoms with Gasteiger partial charge in [0.05, 0.1) is 10.0 Å². The minimum atomic E-state index is 0.559. The van der Waals surface area contributed by atoms with Gasteiger partial charge >= 0.3 is 0 Å². The number of thioether (sulfide) groups is 1. The lowest BCUT2D eigenvalue weighted by Crippen LogP contribution is -1.95. The van der Waals surface area contributed by atoms with Gasteiger partial charge in [0.1, 0.15) is 0 Å². The van der Waals surface area contributed by atoms with E-state index in [1.165, 1.54) is 0 Å². The van der Waals surface area contributed by atoms with Crippen LogP contribution in [0.4, 0.5) is 0 Å². The van der Waals surface area contributed by atoms with Crippen LogP contribution in [0.5, 0.6) is 0 Å². The molecule has 1 aromatic heterocycles. The van der Waals surface area contributed by atoms with Crippen LogP contribution in [0.15, 0.2) is 47.6 Å². The second-order valence-corrected chi connectivity index (χ2v) is 7.10. The lowest BCUT2D eigenvalue weighted by molar-refractivity contribution is 0.794. The molecule has 0 unspecified atom stereocenters. The number of halogens is 3. The van der Waals surface area contributed by atoms with Crippen LogP contribution in [0.3, 0.4) is 0 Å². The minimum absolute atomic E-state index is 0.559. The van der Waals surface area contributed by atoms with Crippen molar-refractivity contribution in [3.8, 4) is 11.4 Å². The fraction of sp³-hybridized carbons (Fsp3) is 0.125. The molecule has 0 spiro atoms. The van der Waals surface area contributed by atoms with Crippen LogP contribution in [-0.2, 0) is 12.8 Å². The first-order chi connectivity index (χ1) is 11.0. The number of rotatable bonds is 4. The standard InChI is InChI=1S/C16H12Cl3N3S/c1-22-15(11-3-5-12(17)6-4-11)20-21-16(22)23-9-10-2-7-13(18)14(19)8-10/h2-8H,9H2,1H3. The zero-order valence-corrected chi connectivity index (χ0v) is 15.2. The number of hydrogen-bond acceptors (Lipinski definition) is 3. The molecule has 0 radical (unpaired) electrons. The van der Waals surface area contributed by atoms with Crippen LogP contribution in [0.25, 0.3) is 11.4 Å². The Labute approximate surface area is 153 Å². The van der Waals surface area contributed by atoms with E-state index in [0.717, 1.165) is 27.9 Å². The molecule has 23 heavy (non-hydrogen) atoms. The van der Waals surface area contributed by atoms with E-state index >= 15 is 0 Å². The lowest BCUT2D eigenvalue weighted by Gasteiger charge is -2.05. The van der Waals surface area contributed by atoms with Gasteiger partial charge in [0.25, 0.3) is 0 Å². The molecular formula is C16H12Cl3N3S. The van der Waals surface area contributed by atoms with Crippen LogP contribution in [-0.4, -0.2) is 14.8 Å². The molecule has 0 saturated heterocycles. The number of benzene rings is 2. The fourth-order valence-corrected chi connectivity index (χ4v) is 3.37. The minimum Gasteiger partial charge on any atom is -0.305 e. The summed E-state index contributed by atoms with van der Waals surface area (Å²) < 4.78 is 1.96. The average Bonchev–Trinajstić information content (AvgIpc) is 2.90. The van der Waals surface area contributed by atoms with Gasteiger partial charge in [0.15, 0.2) is 11.0 Å². The maximum atomic E-state index is 6.04. The van der Waals surface area contributed by atoms with Crippen LogP contribution in [0.1, 0.15) is 5.56 Å². The third kappa shape index (κ3) is 3.83. The number of hydrogen-bond donors (Lipinski definition) is 0. The van der Waals surface area contributed by atoms with E-state index in [4.69, 9.17) is 34.8 Å². The molecular weight excluding hydrogens is 373 g/mol. The van der Waals surface area contributed by atoms with Crippen molar-refractivity contribution in [3.63, 3.8) is 0 Å². The van der Waals surface area contributed by atoms with E-state index in [2.05, 4.69) is 10.2 Å². The van der Waals surface area contributed by atoms with Gasteiger partial charge < -0.3 is 4.57 Å². The van der Waals surface area contributed by atoms with Gasteiger partial charge in [0, 0.05) is 23.4 Å². The van der Waals surface area contributed by atoms with Crippen molar-refractivity contribution >= 4 is 46.6 Å². The Morgan fingerprint density at radius 3 is 2.39 bits per heavy atom. The van der Waals surface area contributed by atoms with Crippen molar-refractivity contribution in [3.05, 3.63) is 63.1 Å². The molecule has 1 heterocycles. The Balaban J connectivity index is 1.76. The van der Waals surface area contributed by atoms with Crippen LogP contribution >= 0.6 is 46.6 Å². The average molecular weight is 385 g/mol. The topological polar surface area (TPSA) is 30.7 Å². The van der Waals surface area contributed by atoms with Crippen LogP contribution in [0.2, 0.25) is 15.1 Å². The largest absolute Gasteiger partial charge is 0.305 e. The van der Waals surface area contributed by atoms with E-state index in [9.17, 15) is 0 Å². The predicted molar refractivity (Wildman–Crippen MR) is 97.5 cm³/mol. The van der Waals surface area contributed by atoms with E-state index in [1.807, 2.05) is 48.0 Å². The van der Waals surface area contributed by atoms with Crippen LogP contribution < -0.4 is 0 Å². The van der Waals surface area contributed by atoms with E-state index in [-0.39, 0.29) is 0 Å². The molecule has 0 aliphatic rings. The second-order valence-electron chi connectivity index (χ2n) is 4.91. The quantitative estimate of drug-likeness (QED) is 0.538. The normalized spacial score (nSPS) is 11.0. The molecule has 0 N–H and O–H groups in total. The fourth-order valence-electron chi connectivity index (χ4n) is 2.07. The molecule has 0 saturated carbocycles. The molecule has 3 aromatic rings. The maximum absolute atomic E-state index is 6.04. The van der Waals surface area contributed by atoms with Gasteiger partial charge in [-0.1, -0.05) is 52.6 Å². The summed E-state index contributed by atoms with van der Waals surface area (Å²) in [7, 11) is 1.95. The van der Waals surface area contributed by atoms with Crippen molar-refractivity contribution in [1.29, 1.82) is 0 Å². The first kappa shape index (κ1) is 16.7. The van der Waals surface area contributed by atoms with Gasteiger partial charge in [-0.2, -0.15) is 0 Å². The maximum Gasteiger partial charge on any atom is 0.191 e. The molecule has 3 nitrogen and oxygen atoms in total. The van der Waals surface area contributed by atoms with Gasteiger partial charge in [-0.25, -0.2) is 0 Å². The summed E-state index contributed by atoms with van der Waals surface area (Å²) in [6, 6.07) is 13.2. The van der Waals surface area contributed by atoms with Gasteiger partial charge in [0.2, 0.25) is 0 Å². The van der Waals surface area contributed by atoms with Gasteiger partial charge in [-0.05, 0) is 42.0 Å². The lowest BCUT2D eigenvalue weighted by atomic mass is 10.2. The summed E-state index contributed by atoms with van der Waals surface area (Å²) in [5.41, 5.74) is 2.06. The van der Waals surface area contributed by atoms with Crippen molar-refractivity contribution < 1.29 is 0 Å². The number of nitrogens with zero attached hydrogens (tertiary/aromatic N) is 3. The van der Waals surface area contributed by atoms with E-state index in [0.29, 0.717) is 15.1 Å². The van der Waals surface area contributed by atoms with Crippen molar-refractivity contribution in [1.82, 2.24) is 14.8 Å². The Morgan fingerprint density at radius 1 is 0.957 bits per heavy atom. The second kappa shape index (κ2) is 7.14. The molecule has 7 heteroatoms. The highest BCUT2D eigenvalue weighted by atomic mass is 35.5. The molecule has 0 fully saturated rings. The third-order valence-electron chi connectivity index (χ3n) is 3.29. The van der Waals surface area contributed by atoms with Crippen molar-refractivity contribution in [2.75, 3.05) is 0 Å². The van der Waals surface area contributed by atoms with E-state index < -0.39 is 0 Å². The Morgan fingerprint density at radius 2 is 1.70 bits per heavy atom. The van der Waals surface area contributed by atoms with Gasteiger partial charge in [-0.15, -0.1) is 10.2 Å². The first-order valence-electron chi connectivity index (χ1n) is 6.76. The predicted octanol–water partition coefficient (Wildman–Crippen LogP) is 5.73. The molecule has 0 aliphatic heterocycles. The summed E-state index contributed by atoms with van der Waals surface area (Å²) in [5.74, 6) is 1.54. The molecule has 3 rings (SSSR count). The molecule has 0 atom stereocenters. The van der Waals surface area contributed by atoms with E-state index in [1.54, 1.807) is 17.8 Å². The van der Waals surface area contributed by atoms with Crippen LogP contribution in [0, 0.1) is 0 Å². The van der Waals surface area contributed by atoms with Crippen molar-refractivity contribution in [2.45, 2.75) is 10.9 Å². The zero-order valence-electron chi connectivity index (χ0n) is 12.1. The molecule has 118 valence electrons. The Kier molecular flexibility index (Phi) is 5.17. The van der Waals surface area contributed by atoms with Crippen molar-refractivity contribution in [2.24, 2.45) is 7.05 Å². The smallest absolute Gasteiger partial charge is 0.191 e. The summed E-state index contributed by atoms with van der Waals surface area (Å²) in [6.07, 6.45) is 0. The summed E-state index contributed by atoms with van der Waals surface area (Å²) >= 11 is 19.5. The highest BCUT2D eigenvalue weighted by molar-refractivity contribution is 7.98. The number of aromatic nitrogens is 3. The Bertz CT molecular complexity index is 831. The summed E-state index contributed by atoms with van der Waals surface area (Å²) in [6.45, 7) is 0. The summed E-state index contributed by atoms with van der Waals surface area (Å²) in [5, 5.41) is 11.2. The monoisotopic (exact) mass is 383 g/mol. The highest BCUT2D eigenvalue weighted by Crippen LogP contribution is 2.28. The summed E-state index contributed by atoms with van der Waals surface area (Å²) in [4.78, 5) is 0. The Hall–Kier alpha value is -1.20. The molecule has 2 aromatic carbocycles. The SMILES string of the molecule is Cn1c(SCc2ccc(Cl)c(Cl)c2)nnc1-c1ccc(Cl)cc1. The molecule has 0 amide bonds. The first-order valence-corrected chi connectivity index (χ1v) is 8.88. The third-order valence-corrected chi connectivity index (χ3v) is 5.37. The zero-order chi connectivity index (χ0) is 16.4. The molecule has 0 aliphatic carbocycles. The van der Waals surface area contributed by atoms with Gasteiger partial charge in [-0.3, -0.25) is 0 Å². The highest BCUT2D eigenvalue weighted by Gasteiger charge is 2.11.